The SMILES string of the molecule is CC/C=C\C/C=C\C/C=C\C/C=C\CCCCCCCCCCCCCOCC(COP(=O)(O)OCC[N+](C)(C)C)OC(=O)CCCCCCCCCC/C=C\C/C=C\C/C=C\C/C=C\CC. The first kappa shape index (κ1) is 64.4. The highest BCUT2D eigenvalue weighted by atomic mass is 31.2. The minimum Gasteiger partial charge on any atom is -0.457 e. The van der Waals surface area contributed by atoms with Crippen LogP contribution in [0.5, 0.6) is 0 Å². The molecule has 0 aliphatic heterocycles. The molecule has 0 amide bonds. The van der Waals surface area contributed by atoms with Crippen LogP contribution < -0.4 is 0 Å². The Morgan fingerprint density at radius 3 is 1.22 bits per heavy atom. The normalized spacial score (nSPS) is 14.3. The molecule has 0 radical (unpaired) electrons. The zero-order valence-electron chi connectivity index (χ0n) is 43.9. The molecule has 1 N–H and O–H groups in total. The molecule has 0 aromatic rings. The third kappa shape index (κ3) is 54.2. The molecule has 0 aromatic carbocycles. The highest BCUT2D eigenvalue weighted by molar-refractivity contribution is 7.47. The van der Waals surface area contributed by atoms with E-state index in [-0.39, 0.29) is 25.8 Å². The molecular formula is C58H103NO7P+. The predicted molar refractivity (Wildman–Crippen MR) is 288 cm³/mol. The van der Waals surface area contributed by atoms with Crippen LogP contribution in [0.3, 0.4) is 0 Å². The Morgan fingerprint density at radius 1 is 0.463 bits per heavy atom. The first-order valence-corrected chi connectivity index (χ1v) is 28.5. The van der Waals surface area contributed by atoms with Crippen LogP contribution in [0.2, 0.25) is 0 Å². The van der Waals surface area contributed by atoms with Crippen molar-refractivity contribution in [2.45, 2.75) is 213 Å². The predicted octanol–water partition coefficient (Wildman–Crippen LogP) is 16.9. The van der Waals surface area contributed by atoms with E-state index in [1.165, 1.54) is 96.3 Å². The Hall–Kier alpha value is -2.58. The molecular weight excluding hydrogens is 854 g/mol. The van der Waals surface area contributed by atoms with Crippen molar-refractivity contribution in [3.63, 3.8) is 0 Å². The van der Waals surface area contributed by atoms with Gasteiger partial charge in [-0.3, -0.25) is 13.8 Å². The fourth-order valence-corrected chi connectivity index (χ4v) is 7.81. The van der Waals surface area contributed by atoms with Crippen molar-refractivity contribution < 1.29 is 37.3 Å². The lowest BCUT2D eigenvalue weighted by molar-refractivity contribution is -0.870. The minimum absolute atomic E-state index is 0.0814. The third-order valence-corrected chi connectivity index (χ3v) is 12.1. The zero-order valence-corrected chi connectivity index (χ0v) is 44.7. The van der Waals surface area contributed by atoms with E-state index in [0.29, 0.717) is 24.1 Å². The summed E-state index contributed by atoms with van der Waals surface area (Å²) in [6.45, 7) is 5.38. The van der Waals surface area contributed by atoms with E-state index >= 15 is 0 Å². The average molecular weight is 957 g/mol. The van der Waals surface area contributed by atoms with Crippen molar-refractivity contribution in [1.82, 2.24) is 0 Å². The third-order valence-electron chi connectivity index (χ3n) is 11.1. The fourth-order valence-electron chi connectivity index (χ4n) is 7.07. The summed E-state index contributed by atoms with van der Waals surface area (Å²) in [5, 5.41) is 0. The molecule has 9 heteroatoms. The molecule has 0 aliphatic carbocycles. The van der Waals surface area contributed by atoms with E-state index in [4.69, 9.17) is 18.5 Å². The van der Waals surface area contributed by atoms with Gasteiger partial charge in [0.2, 0.25) is 0 Å². The quantitative estimate of drug-likeness (QED) is 0.0213. The molecule has 0 bridgehead atoms. The molecule has 0 saturated heterocycles. The second-order valence-corrected chi connectivity index (χ2v) is 20.3. The van der Waals surface area contributed by atoms with Crippen LogP contribution in [-0.4, -0.2) is 75.6 Å². The van der Waals surface area contributed by atoms with Crippen molar-refractivity contribution in [2.75, 3.05) is 54.1 Å². The van der Waals surface area contributed by atoms with Gasteiger partial charge in [-0.15, -0.1) is 0 Å². The summed E-state index contributed by atoms with van der Waals surface area (Å²) in [5.41, 5.74) is 0. The molecule has 8 nitrogen and oxygen atoms in total. The second kappa shape index (κ2) is 49.8. The lowest BCUT2D eigenvalue weighted by Crippen LogP contribution is -2.37. The van der Waals surface area contributed by atoms with Gasteiger partial charge >= 0.3 is 13.8 Å². The number of ether oxygens (including phenoxy) is 2. The number of phosphoric acid groups is 1. The van der Waals surface area contributed by atoms with Gasteiger partial charge in [-0.05, 0) is 89.9 Å². The monoisotopic (exact) mass is 957 g/mol. The number of carbonyl (C=O) groups is 1. The Kier molecular flexibility index (Phi) is 47.9. The summed E-state index contributed by atoms with van der Waals surface area (Å²) in [7, 11) is 1.65. The lowest BCUT2D eigenvalue weighted by Gasteiger charge is -2.24. The summed E-state index contributed by atoms with van der Waals surface area (Å²) < 4.78 is 35.2. The highest BCUT2D eigenvalue weighted by Crippen LogP contribution is 2.43. The first-order valence-electron chi connectivity index (χ1n) is 27.0. The Morgan fingerprint density at radius 2 is 0.821 bits per heavy atom. The number of unbranched alkanes of at least 4 members (excludes halogenated alkanes) is 19. The molecule has 0 spiro atoms. The van der Waals surface area contributed by atoms with Gasteiger partial charge in [0.15, 0.2) is 0 Å². The van der Waals surface area contributed by atoms with Crippen molar-refractivity contribution >= 4 is 13.8 Å². The van der Waals surface area contributed by atoms with Crippen molar-refractivity contribution in [3.05, 3.63) is 97.2 Å². The van der Waals surface area contributed by atoms with E-state index in [9.17, 15) is 14.3 Å². The Balaban J connectivity index is 4.15. The van der Waals surface area contributed by atoms with Gasteiger partial charge in [-0.1, -0.05) is 207 Å². The van der Waals surface area contributed by atoms with Gasteiger partial charge in [0.05, 0.1) is 34.4 Å². The largest absolute Gasteiger partial charge is 0.472 e. The van der Waals surface area contributed by atoms with Crippen LogP contribution in [0.4, 0.5) is 0 Å². The summed E-state index contributed by atoms with van der Waals surface area (Å²) in [4.78, 5) is 23.1. The molecule has 67 heavy (non-hydrogen) atoms. The summed E-state index contributed by atoms with van der Waals surface area (Å²) >= 11 is 0. The number of carbonyl (C=O) groups excluding carboxylic acids is 1. The number of hydrogen-bond acceptors (Lipinski definition) is 6. The molecule has 0 aliphatic rings. The number of esters is 1. The van der Waals surface area contributed by atoms with Gasteiger partial charge in [0.25, 0.3) is 0 Å². The number of allylic oxidation sites excluding steroid dienone is 16. The van der Waals surface area contributed by atoms with Crippen LogP contribution in [0.15, 0.2) is 97.2 Å². The Bertz CT molecular complexity index is 1390. The van der Waals surface area contributed by atoms with E-state index in [0.717, 1.165) is 89.9 Å². The van der Waals surface area contributed by atoms with Crippen molar-refractivity contribution in [1.29, 1.82) is 0 Å². The van der Waals surface area contributed by atoms with Gasteiger partial charge in [0.1, 0.15) is 19.3 Å². The maximum Gasteiger partial charge on any atom is 0.472 e. The molecule has 2 unspecified atom stereocenters. The maximum atomic E-state index is 12.8. The van der Waals surface area contributed by atoms with Crippen LogP contribution in [0, 0.1) is 0 Å². The number of likely N-dealkylation sites (N-methyl/N-ethyl adjacent to an activating group) is 1. The number of nitrogens with zero attached hydrogens (tertiary/aromatic N) is 1. The van der Waals surface area contributed by atoms with Crippen molar-refractivity contribution in [3.8, 4) is 0 Å². The first-order chi connectivity index (χ1) is 32.6. The van der Waals surface area contributed by atoms with Gasteiger partial charge in [-0.2, -0.15) is 0 Å². The van der Waals surface area contributed by atoms with Gasteiger partial charge in [-0.25, -0.2) is 4.57 Å². The molecule has 0 heterocycles. The maximum absolute atomic E-state index is 12.8. The van der Waals surface area contributed by atoms with E-state index in [1.807, 2.05) is 21.1 Å². The minimum atomic E-state index is -4.29. The van der Waals surface area contributed by atoms with Crippen LogP contribution in [0.25, 0.3) is 0 Å². The second-order valence-electron chi connectivity index (χ2n) is 18.8. The number of hydrogen-bond donors (Lipinski definition) is 1. The van der Waals surface area contributed by atoms with E-state index < -0.39 is 13.9 Å². The smallest absolute Gasteiger partial charge is 0.457 e. The molecule has 0 rings (SSSR count). The molecule has 386 valence electrons. The standard InChI is InChI=1S/C58H102NO7P/c1-6-8-10-12-14-16-18-20-22-24-26-28-29-30-32-34-36-38-40-42-44-46-48-50-53-63-55-57(56-65-67(61,62)64-54-52-59(3,4)5)66-58(60)51-49-47-45-43-41-39-37-35-33-31-27-25-23-21-19-17-15-13-11-9-7-2/h8-11,14-17,20-23,26-28,31,57H,6-7,12-13,18-19,24-25,29-30,32-56H2,1-5H3/p+1/b10-8-,11-9-,16-14-,17-15-,22-20-,23-21-,28-26-,31-27-. The number of phosphoric ester groups is 1. The summed E-state index contributed by atoms with van der Waals surface area (Å²) in [5.74, 6) is -0.325. The fraction of sp³-hybridized carbons (Fsp3) is 0.707. The van der Waals surface area contributed by atoms with Crippen LogP contribution in [-0.2, 0) is 27.9 Å². The lowest BCUT2D eigenvalue weighted by atomic mass is 10.1. The van der Waals surface area contributed by atoms with E-state index in [2.05, 4.69) is 111 Å². The topological polar surface area (TPSA) is 91.3 Å². The van der Waals surface area contributed by atoms with Gasteiger partial charge in [0, 0.05) is 13.0 Å². The molecule has 0 aromatic heterocycles. The van der Waals surface area contributed by atoms with Crippen molar-refractivity contribution in [2.24, 2.45) is 0 Å². The van der Waals surface area contributed by atoms with Crippen LogP contribution in [0.1, 0.15) is 206 Å². The van der Waals surface area contributed by atoms with E-state index in [1.54, 1.807) is 0 Å². The molecule has 2 atom stereocenters. The van der Waals surface area contributed by atoms with Gasteiger partial charge < -0.3 is 18.9 Å². The summed E-state index contributed by atoms with van der Waals surface area (Å²) in [6, 6.07) is 0. The van der Waals surface area contributed by atoms with Crippen LogP contribution >= 0.6 is 7.82 Å². The highest BCUT2D eigenvalue weighted by Gasteiger charge is 2.26. The molecule has 0 fully saturated rings. The Labute approximate surface area is 413 Å². The molecule has 0 saturated carbocycles. The zero-order chi connectivity index (χ0) is 49.0. The number of rotatable bonds is 49. The summed E-state index contributed by atoms with van der Waals surface area (Å²) in [6.07, 6.45) is 68.8. The number of quaternary nitrogens is 1. The average Bonchev–Trinajstić information content (AvgIpc) is 3.29.